The van der Waals surface area contributed by atoms with Gasteiger partial charge in [0.1, 0.15) is 0 Å². The minimum atomic E-state index is -0.248. The third kappa shape index (κ3) is 3.87. The van der Waals surface area contributed by atoms with E-state index >= 15 is 0 Å². The van der Waals surface area contributed by atoms with Crippen molar-refractivity contribution in [2.75, 3.05) is 25.2 Å². The molecule has 0 spiro atoms. The van der Waals surface area contributed by atoms with Gasteiger partial charge < -0.3 is 10.2 Å². The number of thioether (sulfide) groups is 1. The van der Waals surface area contributed by atoms with Crippen LogP contribution in [-0.4, -0.2) is 51.3 Å². The van der Waals surface area contributed by atoms with E-state index in [2.05, 4.69) is 15.4 Å². The first kappa shape index (κ1) is 19.9. The van der Waals surface area contributed by atoms with Crippen molar-refractivity contribution < 1.29 is 9.59 Å². The molecule has 0 radical (unpaired) electrons. The maximum Gasteiger partial charge on any atom is 0.254 e. The summed E-state index contributed by atoms with van der Waals surface area (Å²) in [5.74, 6) is -0.484. The third-order valence-electron chi connectivity index (χ3n) is 4.44. The number of carbonyl (C=O) groups is 2. The molecule has 2 aromatic heterocycles. The second-order valence-corrected chi connectivity index (χ2v) is 7.48. The molecule has 0 bridgehead atoms. The SMILES string of the molecule is CSc1ccccc1NC(=O)CN(C)C(=O)c1cc(C)nc2c1c(C)nn2C. The number of pyridine rings is 1. The number of aromatic nitrogens is 3. The van der Waals surface area contributed by atoms with E-state index in [1.807, 2.05) is 44.4 Å². The Morgan fingerprint density at radius 2 is 1.96 bits per heavy atom. The first-order chi connectivity index (χ1) is 13.3. The van der Waals surface area contributed by atoms with E-state index in [-0.39, 0.29) is 18.4 Å². The number of hydrogen-bond donors (Lipinski definition) is 1. The van der Waals surface area contributed by atoms with Gasteiger partial charge in [-0.3, -0.25) is 14.3 Å². The lowest BCUT2D eigenvalue weighted by atomic mass is 10.1. The molecular formula is C20H23N5O2S. The number of fused-ring (bicyclic) bond motifs is 1. The van der Waals surface area contributed by atoms with E-state index in [1.165, 1.54) is 4.90 Å². The summed E-state index contributed by atoms with van der Waals surface area (Å²) in [4.78, 5) is 32.4. The molecule has 8 heteroatoms. The Morgan fingerprint density at radius 3 is 2.68 bits per heavy atom. The number of amides is 2. The van der Waals surface area contributed by atoms with Crippen LogP contribution < -0.4 is 5.32 Å². The zero-order valence-corrected chi connectivity index (χ0v) is 17.4. The molecule has 7 nitrogen and oxygen atoms in total. The van der Waals surface area contributed by atoms with Gasteiger partial charge in [0, 0.05) is 24.7 Å². The van der Waals surface area contributed by atoms with E-state index in [9.17, 15) is 9.59 Å². The van der Waals surface area contributed by atoms with Crippen LogP contribution in [0.4, 0.5) is 5.69 Å². The second kappa shape index (κ2) is 8.02. The molecule has 0 fully saturated rings. The van der Waals surface area contributed by atoms with Crippen molar-refractivity contribution in [3.63, 3.8) is 0 Å². The van der Waals surface area contributed by atoms with Crippen molar-refractivity contribution in [1.82, 2.24) is 19.7 Å². The maximum atomic E-state index is 13.1. The van der Waals surface area contributed by atoms with Crippen molar-refractivity contribution in [1.29, 1.82) is 0 Å². The van der Waals surface area contributed by atoms with Gasteiger partial charge in [-0.25, -0.2) is 4.98 Å². The zero-order valence-electron chi connectivity index (χ0n) is 16.6. The molecule has 2 amide bonds. The van der Waals surface area contributed by atoms with Crippen molar-refractivity contribution in [3.8, 4) is 0 Å². The first-order valence-corrected chi connectivity index (χ1v) is 10.0. The Morgan fingerprint density at radius 1 is 1.25 bits per heavy atom. The van der Waals surface area contributed by atoms with E-state index in [1.54, 1.807) is 36.6 Å². The van der Waals surface area contributed by atoms with Gasteiger partial charge in [-0.05, 0) is 38.3 Å². The number of hydrogen-bond acceptors (Lipinski definition) is 5. The highest BCUT2D eigenvalue weighted by atomic mass is 32.2. The average Bonchev–Trinajstić information content (AvgIpc) is 2.94. The summed E-state index contributed by atoms with van der Waals surface area (Å²) in [5, 5.41) is 7.97. The van der Waals surface area contributed by atoms with Gasteiger partial charge in [0.05, 0.1) is 28.9 Å². The fourth-order valence-electron chi connectivity index (χ4n) is 3.17. The number of benzene rings is 1. The lowest BCUT2D eigenvalue weighted by molar-refractivity contribution is -0.116. The van der Waals surface area contributed by atoms with Crippen LogP contribution in [0.2, 0.25) is 0 Å². The monoisotopic (exact) mass is 397 g/mol. The summed E-state index contributed by atoms with van der Waals surface area (Å²) in [6.07, 6.45) is 1.95. The highest BCUT2D eigenvalue weighted by Crippen LogP contribution is 2.25. The van der Waals surface area contributed by atoms with Crippen molar-refractivity contribution >= 4 is 40.3 Å². The molecule has 1 aromatic carbocycles. The van der Waals surface area contributed by atoms with Gasteiger partial charge >= 0.3 is 0 Å². The molecular weight excluding hydrogens is 374 g/mol. The topological polar surface area (TPSA) is 80.1 Å². The van der Waals surface area contributed by atoms with Crippen LogP contribution in [0.15, 0.2) is 35.2 Å². The number of aryl methyl sites for hydroxylation is 3. The summed E-state index contributed by atoms with van der Waals surface area (Å²) in [5.41, 5.74) is 3.37. The largest absolute Gasteiger partial charge is 0.332 e. The predicted molar refractivity (Wildman–Crippen MR) is 112 cm³/mol. The van der Waals surface area contributed by atoms with E-state index in [4.69, 9.17) is 0 Å². The molecule has 0 aliphatic carbocycles. The lowest BCUT2D eigenvalue weighted by Gasteiger charge is -2.18. The summed E-state index contributed by atoms with van der Waals surface area (Å²) in [7, 11) is 3.42. The van der Waals surface area contributed by atoms with E-state index in [0.29, 0.717) is 11.2 Å². The molecule has 3 rings (SSSR count). The second-order valence-electron chi connectivity index (χ2n) is 6.63. The molecule has 0 saturated heterocycles. The number of likely N-dealkylation sites (N-methyl/N-ethyl adjacent to an activating group) is 1. The van der Waals surface area contributed by atoms with Crippen LogP contribution in [-0.2, 0) is 11.8 Å². The molecule has 0 aliphatic rings. The Balaban J connectivity index is 1.82. The van der Waals surface area contributed by atoms with E-state index < -0.39 is 0 Å². The summed E-state index contributed by atoms with van der Waals surface area (Å²) in [6, 6.07) is 9.32. The van der Waals surface area contributed by atoms with Crippen molar-refractivity contribution in [3.05, 3.63) is 47.3 Å². The third-order valence-corrected chi connectivity index (χ3v) is 5.23. The van der Waals surface area contributed by atoms with Crippen LogP contribution >= 0.6 is 11.8 Å². The van der Waals surface area contributed by atoms with Crippen LogP contribution in [0.5, 0.6) is 0 Å². The van der Waals surface area contributed by atoms with Crippen LogP contribution in [0, 0.1) is 13.8 Å². The quantitative estimate of drug-likeness (QED) is 0.670. The fourth-order valence-corrected chi connectivity index (χ4v) is 3.72. The van der Waals surface area contributed by atoms with Gasteiger partial charge in [-0.2, -0.15) is 5.10 Å². The fraction of sp³-hybridized carbons (Fsp3) is 0.300. The number of para-hydroxylation sites is 1. The summed E-state index contributed by atoms with van der Waals surface area (Å²) >= 11 is 1.55. The van der Waals surface area contributed by atoms with E-state index in [0.717, 1.165) is 27.4 Å². The number of anilines is 1. The lowest BCUT2D eigenvalue weighted by Crippen LogP contribution is -2.35. The molecule has 1 N–H and O–H groups in total. The first-order valence-electron chi connectivity index (χ1n) is 8.81. The molecule has 0 atom stereocenters. The molecule has 2 heterocycles. The highest BCUT2D eigenvalue weighted by molar-refractivity contribution is 7.98. The molecule has 28 heavy (non-hydrogen) atoms. The average molecular weight is 398 g/mol. The highest BCUT2D eigenvalue weighted by Gasteiger charge is 2.22. The number of rotatable bonds is 5. The van der Waals surface area contributed by atoms with Crippen LogP contribution in [0.1, 0.15) is 21.7 Å². The van der Waals surface area contributed by atoms with Crippen LogP contribution in [0.3, 0.4) is 0 Å². The molecule has 146 valence electrons. The summed E-state index contributed by atoms with van der Waals surface area (Å²) < 4.78 is 1.67. The molecule has 3 aromatic rings. The van der Waals surface area contributed by atoms with Gasteiger partial charge in [0.15, 0.2) is 5.65 Å². The minimum Gasteiger partial charge on any atom is -0.332 e. The Bertz CT molecular complexity index is 1060. The Labute approximate surface area is 168 Å². The smallest absolute Gasteiger partial charge is 0.254 e. The maximum absolute atomic E-state index is 13.1. The van der Waals surface area contributed by atoms with Crippen molar-refractivity contribution in [2.45, 2.75) is 18.7 Å². The minimum absolute atomic E-state index is 0.0519. The molecule has 0 unspecified atom stereocenters. The number of nitrogens with one attached hydrogen (secondary N) is 1. The summed E-state index contributed by atoms with van der Waals surface area (Å²) in [6.45, 7) is 3.64. The normalized spacial score (nSPS) is 10.9. The number of nitrogens with zero attached hydrogens (tertiary/aromatic N) is 4. The van der Waals surface area contributed by atoms with Crippen molar-refractivity contribution in [2.24, 2.45) is 7.05 Å². The Kier molecular flexibility index (Phi) is 5.69. The van der Waals surface area contributed by atoms with Gasteiger partial charge in [-0.1, -0.05) is 12.1 Å². The zero-order chi connectivity index (χ0) is 20.4. The standard InChI is InChI=1S/C20H23N5O2S/c1-12-10-14(18-13(2)23-25(4)19(18)21-12)20(27)24(3)11-17(26)22-15-8-6-7-9-16(15)28-5/h6-10H,11H2,1-5H3,(H,22,26). The van der Waals surface area contributed by atoms with Crippen LogP contribution in [0.25, 0.3) is 11.0 Å². The van der Waals surface area contributed by atoms with Gasteiger partial charge in [0.25, 0.3) is 5.91 Å². The molecule has 0 saturated carbocycles. The Hall–Kier alpha value is -2.87. The predicted octanol–water partition coefficient (Wildman–Crippen LogP) is 3.02. The molecule has 0 aliphatic heterocycles. The van der Waals surface area contributed by atoms with Gasteiger partial charge in [-0.15, -0.1) is 11.8 Å². The van der Waals surface area contributed by atoms with Gasteiger partial charge in [0.2, 0.25) is 5.91 Å². The number of carbonyl (C=O) groups excluding carboxylic acids is 2.